The molecule has 27 heavy (non-hydrogen) atoms. The first kappa shape index (κ1) is 21.0. The lowest BCUT2D eigenvalue weighted by Gasteiger charge is -2.11. The number of hydrogen-bond acceptors (Lipinski definition) is 4. The predicted octanol–water partition coefficient (Wildman–Crippen LogP) is 3.98. The van der Waals surface area contributed by atoms with Gasteiger partial charge in [-0.05, 0) is 30.9 Å². The number of rotatable bonds is 10. The Bertz CT molecular complexity index is 690. The molecule has 0 aliphatic heterocycles. The second-order valence-electron chi connectivity index (χ2n) is 6.46. The van der Waals surface area contributed by atoms with Crippen LogP contribution in [0.1, 0.15) is 62.1 Å². The van der Waals surface area contributed by atoms with Crippen LogP contribution in [-0.2, 0) is 24.4 Å². The Morgan fingerprint density at radius 2 is 1.74 bits per heavy atom. The van der Waals surface area contributed by atoms with Gasteiger partial charge in [0.2, 0.25) is 0 Å². The third-order valence-electron chi connectivity index (χ3n) is 4.59. The summed E-state index contributed by atoms with van der Waals surface area (Å²) in [6, 6.07) is 10.4. The molecule has 0 atom stereocenters. The second kappa shape index (κ2) is 11.4. The second-order valence-corrected chi connectivity index (χ2v) is 6.46. The monoisotopic (exact) mass is 372 g/mol. The molecule has 148 valence electrons. The number of ether oxygens (including phenoxy) is 1. The summed E-state index contributed by atoms with van der Waals surface area (Å²) in [7, 11) is 1.76. The summed E-state index contributed by atoms with van der Waals surface area (Å²) in [6.45, 7) is 9.00. The lowest BCUT2D eigenvalue weighted by Crippen LogP contribution is -2.36. The largest absolute Gasteiger partial charge is 0.377 e. The van der Waals surface area contributed by atoms with Crippen LogP contribution in [0.4, 0.5) is 0 Å². The van der Waals surface area contributed by atoms with Gasteiger partial charge in [-0.1, -0.05) is 43.3 Å². The molecule has 6 heteroatoms. The minimum Gasteiger partial charge on any atom is -0.377 e. The molecule has 6 nitrogen and oxygen atoms in total. The van der Waals surface area contributed by atoms with E-state index in [0.29, 0.717) is 25.6 Å². The van der Waals surface area contributed by atoms with Gasteiger partial charge < -0.3 is 19.9 Å². The fourth-order valence-corrected chi connectivity index (χ4v) is 2.86. The van der Waals surface area contributed by atoms with Crippen molar-refractivity contribution in [3.05, 3.63) is 52.9 Å². The molecule has 0 saturated carbocycles. The third kappa shape index (κ3) is 6.71. The molecule has 0 aliphatic rings. The standard InChI is InChI=1S/C21H32N4O2/c1-5-18(6-2)20-12-19(27-25-20)14-24-21(22-4)23-13-16-8-10-17(11-9-16)15-26-7-3/h8-12,18H,5-7,13-15H2,1-4H3,(H2,22,23,24). The van der Waals surface area contributed by atoms with Crippen LogP contribution in [0.5, 0.6) is 0 Å². The van der Waals surface area contributed by atoms with Gasteiger partial charge in [-0.2, -0.15) is 0 Å². The van der Waals surface area contributed by atoms with Crippen LogP contribution < -0.4 is 10.6 Å². The minimum absolute atomic E-state index is 0.464. The van der Waals surface area contributed by atoms with E-state index in [9.17, 15) is 0 Å². The fraction of sp³-hybridized carbons (Fsp3) is 0.524. The summed E-state index contributed by atoms with van der Waals surface area (Å²) in [6.07, 6.45) is 2.14. The molecule has 0 unspecified atom stereocenters. The molecule has 0 radical (unpaired) electrons. The Balaban J connectivity index is 1.80. The van der Waals surface area contributed by atoms with Gasteiger partial charge >= 0.3 is 0 Å². The molecular formula is C21H32N4O2. The van der Waals surface area contributed by atoms with Crippen molar-refractivity contribution in [3.8, 4) is 0 Å². The topological polar surface area (TPSA) is 71.7 Å². The molecule has 0 aliphatic carbocycles. The van der Waals surface area contributed by atoms with Crippen LogP contribution >= 0.6 is 0 Å². The molecule has 1 aromatic carbocycles. The van der Waals surface area contributed by atoms with Crippen molar-refractivity contribution in [1.82, 2.24) is 15.8 Å². The van der Waals surface area contributed by atoms with Gasteiger partial charge in [-0.25, -0.2) is 0 Å². The van der Waals surface area contributed by atoms with Crippen molar-refractivity contribution >= 4 is 5.96 Å². The number of aliphatic imine (C=N–C) groups is 1. The van der Waals surface area contributed by atoms with Gasteiger partial charge in [0.25, 0.3) is 0 Å². The summed E-state index contributed by atoms with van der Waals surface area (Å²) in [5.41, 5.74) is 3.41. The molecule has 0 bridgehead atoms. The average molecular weight is 373 g/mol. The SMILES string of the molecule is CCOCc1ccc(CNC(=NC)NCc2cc(C(CC)CC)no2)cc1. The van der Waals surface area contributed by atoms with Crippen molar-refractivity contribution in [2.24, 2.45) is 4.99 Å². The molecule has 2 N–H and O–H groups in total. The van der Waals surface area contributed by atoms with Crippen molar-refractivity contribution in [3.63, 3.8) is 0 Å². The molecule has 1 aromatic heterocycles. The van der Waals surface area contributed by atoms with Crippen LogP contribution in [0.2, 0.25) is 0 Å². The number of guanidine groups is 1. The van der Waals surface area contributed by atoms with Crippen molar-refractivity contribution in [2.75, 3.05) is 13.7 Å². The van der Waals surface area contributed by atoms with Crippen molar-refractivity contribution in [2.45, 2.75) is 59.2 Å². The van der Waals surface area contributed by atoms with Crippen LogP contribution in [-0.4, -0.2) is 24.8 Å². The van der Waals surface area contributed by atoms with E-state index >= 15 is 0 Å². The number of nitrogens with zero attached hydrogens (tertiary/aromatic N) is 2. The first-order chi connectivity index (χ1) is 13.2. The van der Waals surface area contributed by atoms with Gasteiger partial charge in [-0.3, -0.25) is 4.99 Å². The van der Waals surface area contributed by atoms with Crippen LogP contribution in [0.15, 0.2) is 39.8 Å². The molecule has 2 aromatic rings. The molecular weight excluding hydrogens is 340 g/mol. The Morgan fingerprint density at radius 3 is 2.37 bits per heavy atom. The Labute approximate surface area is 162 Å². The van der Waals surface area contributed by atoms with E-state index in [4.69, 9.17) is 9.26 Å². The van der Waals surface area contributed by atoms with Crippen LogP contribution in [0.3, 0.4) is 0 Å². The van der Waals surface area contributed by atoms with Gasteiger partial charge in [0.15, 0.2) is 11.7 Å². The Morgan fingerprint density at radius 1 is 1.07 bits per heavy atom. The average Bonchev–Trinajstić information content (AvgIpc) is 3.17. The Hall–Kier alpha value is -2.34. The maximum absolute atomic E-state index is 5.45. The summed E-state index contributed by atoms with van der Waals surface area (Å²) in [5, 5.41) is 10.8. The lowest BCUT2D eigenvalue weighted by molar-refractivity contribution is 0.134. The zero-order chi connectivity index (χ0) is 19.5. The van der Waals surface area contributed by atoms with Gasteiger partial charge in [0.1, 0.15) is 0 Å². The van der Waals surface area contributed by atoms with E-state index in [1.165, 1.54) is 11.1 Å². The van der Waals surface area contributed by atoms with E-state index < -0.39 is 0 Å². The maximum atomic E-state index is 5.45. The number of aromatic nitrogens is 1. The zero-order valence-corrected chi connectivity index (χ0v) is 16.9. The van der Waals surface area contributed by atoms with E-state index in [0.717, 1.165) is 36.9 Å². The van der Waals surface area contributed by atoms with Gasteiger partial charge in [0.05, 0.1) is 18.8 Å². The third-order valence-corrected chi connectivity index (χ3v) is 4.59. The smallest absolute Gasteiger partial charge is 0.191 e. The highest BCUT2D eigenvalue weighted by Gasteiger charge is 2.13. The van der Waals surface area contributed by atoms with Crippen LogP contribution in [0, 0.1) is 0 Å². The molecule has 1 heterocycles. The first-order valence-corrected chi connectivity index (χ1v) is 9.75. The summed E-state index contributed by atoms with van der Waals surface area (Å²) < 4.78 is 10.9. The normalized spacial score (nSPS) is 11.8. The van der Waals surface area contributed by atoms with Gasteiger partial charge in [0, 0.05) is 32.2 Å². The summed E-state index contributed by atoms with van der Waals surface area (Å²) in [4.78, 5) is 4.26. The van der Waals surface area contributed by atoms with E-state index in [2.05, 4.69) is 58.9 Å². The number of hydrogen-bond donors (Lipinski definition) is 2. The molecule has 0 saturated heterocycles. The number of nitrogens with one attached hydrogen (secondary N) is 2. The predicted molar refractivity (Wildman–Crippen MR) is 109 cm³/mol. The molecule has 0 amide bonds. The summed E-state index contributed by atoms with van der Waals surface area (Å²) in [5.74, 6) is 2.01. The fourth-order valence-electron chi connectivity index (χ4n) is 2.86. The van der Waals surface area contributed by atoms with Crippen LogP contribution in [0.25, 0.3) is 0 Å². The molecule has 0 fully saturated rings. The molecule has 0 spiro atoms. The zero-order valence-electron chi connectivity index (χ0n) is 16.9. The van der Waals surface area contributed by atoms with E-state index in [-0.39, 0.29) is 0 Å². The van der Waals surface area contributed by atoms with Crippen molar-refractivity contribution in [1.29, 1.82) is 0 Å². The Kier molecular flexibility index (Phi) is 8.84. The quantitative estimate of drug-likeness (QED) is 0.487. The first-order valence-electron chi connectivity index (χ1n) is 9.75. The summed E-state index contributed by atoms with van der Waals surface area (Å²) >= 11 is 0. The van der Waals surface area contributed by atoms with E-state index in [1.54, 1.807) is 7.05 Å². The lowest BCUT2D eigenvalue weighted by atomic mass is 9.99. The van der Waals surface area contributed by atoms with Gasteiger partial charge in [-0.15, -0.1) is 0 Å². The number of benzene rings is 1. The molecule has 2 rings (SSSR count). The highest BCUT2D eigenvalue weighted by Crippen LogP contribution is 2.22. The van der Waals surface area contributed by atoms with E-state index in [1.807, 2.05) is 13.0 Å². The van der Waals surface area contributed by atoms with Crippen molar-refractivity contribution < 1.29 is 9.26 Å². The highest BCUT2D eigenvalue weighted by atomic mass is 16.5. The highest BCUT2D eigenvalue weighted by molar-refractivity contribution is 5.79. The maximum Gasteiger partial charge on any atom is 0.191 e. The minimum atomic E-state index is 0.464.